The molecule has 134 valence electrons. The molecule has 1 aromatic carbocycles. The van der Waals surface area contributed by atoms with E-state index < -0.39 is 0 Å². The largest absolute Gasteiger partial charge is 0.351 e. The molecule has 26 heavy (non-hydrogen) atoms. The van der Waals surface area contributed by atoms with Gasteiger partial charge in [-0.25, -0.2) is 0 Å². The second-order valence-electron chi connectivity index (χ2n) is 7.05. The van der Waals surface area contributed by atoms with E-state index in [9.17, 15) is 9.59 Å². The molecule has 0 saturated heterocycles. The summed E-state index contributed by atoms with van der Waals surface area (Å²) in [4.78, 5) is 24.9. The lowest BCUT2D eigenvalue weighted by atomic mass is 10.1. The summed E-state index contributed by atoms with van der Waals surface area (Å²) in [6, 6.07) is 9.72. The molecule has 4 rings (SSSR count). The Morgan fingerprint density at radius 3 is 2.88 bits per heavy atom. The van der Waals surface area contributed by atoms with Crippen molar-refractivity contribution in [1.29, 1.82) is 0 Å². The van der Waals surface area contributed by atoms with E-state index >= 15 is 0 Å². The molecule has 0 atom stereocenters. The third kappa shape index (κ3) is 2.92. The first-order chi connectivity index (χ1) is 12.5. The zero-order valence-electron chi connectivity index (χ0n) is 15.0. The zero-order chi connectivity index (χ0) is 18.3. The van der Waals surface area contributed by atoms with E-state index in [2.05, 4.69) is 24.3 Å². The molecule has 6 heteroatoms. The summed E-state index contributed by atoms with van der Waals surface area (Å²) in [5.74, 6) is -0.0136. The molecule has 1 amide bonds. The van der Waals surface area contributed by atoms with Crippen LogP contribution in [0.25, 0.3) is 10.9 Å². The highest BCUT2D eigenvalue weighted by molar-refractivity contribution is 6.03. The Hall–Kier alpha value is -2.89. The van der Waals surface area contributed by atoms with Crippen LogP contribution in [0.5, 0.6) is 0 Å². The number of ketones is 1. The zero-order valence-corrected chi connectivity index (χ0v) is 15.0. The normalized spacial score (nSPS) is 14.3. The molecule has 6 nitrogen and oxygen atoms in total. The minimum Gasteiger partial charge on any atom is -0.351 e. The van der Waals surface area contributed by atoms with E-state index in [1.54, 1.807) is 0 Å². The lowest BCUT2D eigenvalue weighted by Crippen LogP contribution is -2.22. The van der Waals surface area contributed by atoms with Crippen LogP contribution in [0.1, 0.15) is 52.9 Å². The second-order valence-corrected chi connectivity index (χ2v) is 7.05. The van der Waals surface area contributed by atoms with Crippen LogP contribution >= 0.6 is 0 Å². The Kier molecular flexibility index (Phi) is 4.11. The summed E-state index contributed by atoms with van der Waals surface area (Å²) in [5.41, 5.74) is 3.03. The van der Waals surface area contributed by atoms with Crippen molar-refractivity contribution < 1.29 is 9.59 Å². The van der Waals surface area contributed by atoms with Gasteiger partial charge in [0.1, 0.15) is 5.69 Å². The van der Waals surface area contributed by atoms with Gasteiger partial charge in [-0.3, -0.25) is 14.3 Å². The van der Waals surface area contributed by atoms with E-state index in [1.807, 2.05) is 45.8 Å². The summed E-state index contributed by atoms with van der Waals surface area (Å²) in [6.07, 6.45) is 3.06. The van der Waals surface area contributed by atoms with Crippen molar-refractivity contribution >= 4 is 22.6 Å². The van der Waals surface area contributed by atoms with Crippen LogP contribution in [0.3, 0.4) is 0 Å². The predicted octanol–water partition coefficient (Wildman–Crippen LogP) is 2.98. The molecule has 1 aliphatic rings. The Balaban J connectivity index is 1.65. The van der Waals surface area contributed by atoms with Gasteiger partial charge in [-0.2, -0.15) is 5.10 Å². The van der Waals surface area contributed by atoms with Crippen molar-refractivity contribution in [3.05, 3.63) is 53.5 Å². The fourth-order valence-corrected chi connectivity index (χ4v) is 3.41. The molecule has 1 N–H and O–H groups in total. The average molecular weight is 350 g/mol. The number of fused-ring (bicyclic) bond motifs is 3. The molecule has 0 aliphatic carbocycles. The number of nitrogens with one attached hydrogen (secondary N) is 1. The molecule has 3 heterocycles. The van der Waals surface area contributed by atoms with Crippen molar-refractivity contribution in [2.45, 2.75) is 39.3 Å². The first-order valence-corrected chi connectivity index (χ1v) is 9.01. The molecular weight excluding hydrogens is 328 g/mol. The Bertz CT molecular complexity index is 997. The highest BCUT2D eigenvalue weighted by Crippen LogP contribution is 2.24. The van der Waals surface area contributed by atoms with Crippen molar-refractivity contribution in [2.24, 2.45) is 0 Å². The van der Waals surface area contributed by atoms with Gasteiger partial charge >= 0.3 is 0 Å². The number of amides is 1. The Morgan fingerprint density at radius 1 is 1.27 bits per heavy atom. The van der Waals surface area contributed by atoms with Gasteiger partial charge in [0.25, 0.3) is 5.91 Å². The standard InChI is InChI=1S/C20H22N4O2/c1-13(2)24-9-6-16(22-24)12-19(25)15-5-4-14-10-18-20(26)21-7-3-8-23(18)17(14)11-15/h4-6,9-11,13H,3,7-8,12H2,1-2H3,(H,21,26). The highest BCUT2D eigenvalue weighted by Gasteiger charge is 2.19. The maximum Gasteiger partial charge on any atom is 0.267 e. The Morgan fingerprint density at radius 2 is 2.12 bits per heavy atom. The molecule has 3 aromatic rings. The van der Waals surface area contributed by atoms with Gasteiger partial charge in [-0.05, 0) is 38.5 Å². The van der Waals surface area contributed by atoms with Crippen LogP contribution in [0.2, 0.25) is 0 Å². The number of benzene rings is 1. The van der Waals surface area contributed by atoms with Gasteiger partial charge in [0.2, 0.25) is 0 Å². The monoisotopic (exact) mass is 350 g/mol. The molecule has 0 saturated carbocycles. The third-order valence-corrected chi connectivity index (χ3v) is 4.84. The van der Waals surface area contributed by atoms with E-state index in [0.717, 1.165) is 29.6 Å². The van der Waals surface area contributed by atoms with Gasteiger partial charge in [0.15, 0.2) is 5.78 Å². The molecule has 0 fully saturated rings. The summed E-state index contributed by atoms with van der Waals surface area (Å²) < 4.78 is 3.87. The summed E-state index contributed by atoms with van der Waals surface area (Å²) in [5, 5.41) is 8.35. The molecule has 2 aromatic heterocycles. The fourth-order valence-electron chi connectivity index (χ4n) is 3.41. The number of rotatable bonds is 4. The first-order valence-electron chi connectivity index (χ1n) is 9.01. The third-order valence-electron chi connectivity index (χ3n) is 4.84. The van der Waals surface area contributed by atoms with Gasteiger partial charge < -0.3 is 9.88 Å². The Labute approximate surface area is 151 Å². The van der Waals surface area contributed by atoms with Crippen LogP contribution < -0.4 is 5.32 Å². The topological polar surface area (TPSA) is 68.9 Å². The maximum absolute atomic E-state index is 12.7. The number of aryl methyl sites for hydroxylation is 1. The average Bonchev–Trinajstić information content (AvgIpc) is 3.18. The number of hydrogen-bond acceptors (Lipinski definition) is 3. The van der Waals surface area contributed by atoms with Crippen LogP contribution in [-0.2, 0) is 13.0 Å². The summed E-state index contributed by atoms with van der Waals surface area (Å²) in [6.45, 7) is 5.56. The lowest BCUT2D eigenvalue weighted by molar-refractivity contribution is 0.0950. The minimum absolute atomic E-state index is 0.0366. The van der Waals surface area contributed by atoms with Crippen molar-refractivity contribution in [3.8, 4) is 0 Å². The number of carbonyl (C=O) groups is 2. The van der Waals surface area contributed by atoms with Gasteiger partial charge in [-0.15, -0.1) is 0 Å². The van der Waals surface area contributed by atoms with Crippen LogP contribution in [0.4, 0.5) is 0 Å². The van der Waals surface area contributed by atoms with Crippen molar-refractivity contribution in [3.63, 3.8) is 0 Å². The number of hydrogen-bond donors (Lipinski definition) is 1. The fraction of sp³-hybridized carbons (Fsp3) is 0.350. The second kappa shape index (κ2) is 6.44. The van der Waals surface area contributed by atoms with Gasteiger partial charge in [0, 0.05) is 41.8 Å². The van der Waals surface area contributed by atoms with Crippen LogP contribution in [0.15, 0.2) is 36.5 Å². The van der Waals surface area contributed by atoms with Crippen LogP contribution in [-0.4, -0.2) is 32.6 Å². The molecule has 0 bridgehead atoms. The van der Waals surface area contributed by atoms with Crippen molar-refractivity contribution in [2.75, 3.05) is 6.54 Å². The van der Waals surface area contributed by atoms with Gasteiger partial charge in [-0.1, -0.05) is 12.1 Å². The predicted molar refractivity (Wildman–Crippen MR) is 99.5 cm³/mol. The van der Waals surface area contributed by atoms with Gasteiger partial charge in [0.05, 0.1) is 12.1 Å². The molecule has 0 unspecified atom stereocenters. The van der Waals surface area contributed by atoms with E-state index in [-0.39, 0.29) is 24.2 Å². The van der Waals surface area contributed by atoms with E-state index in [4.69, 9.17) is 0 Å². The van der Waals surface area contributed by atoms with Crippen LogP contribution in [0, 0.1) is 0 Å². The minimum atomic E-state index is -0.0502. The number of carbonyl (C=O) groups excluding carboxylic acids is 2. The highest BCUT2D eigenvalue weighted by atomic mass is 16.2. The summed E-state index contributed by atoms with van der Waals surface area (Å²) in [7, 11) is 0. The maximum atomic E-state index is 12.7. The van der Waals surface area contributed by atoms with E-state index in [0.29, 0.717) is 17.8 Å². The lowest BCUT2D eigenvalue weighted by Gasteiger charge is -2.06. The SMILES string of the molecule is CC(C)n1ccc(CC(=O)c2ccc3cc4n(c3c2)CCCNC4=O)n1. The number of aromatic nitrogens is 3. The smallest absolute Gasteiger partial charge is 0.267 e. The summed E-state index contributed by atoms with van der Waals surface area (Å²) >= 11 is 0. The van der Waals surface area contributed by atoms with Crippen molar-refractivity contribution in [1.82, 2.24) is 19.7 Å². The molecule has 1 aliphatic heterocycles. The molecule has 0 radical (unpaired) electrons. The number of Topliss-reactive ketones (excluding diaryl/α,β-unsaturated/α-hetero) is 1. The quantitative estimate of drug-likeness (QED) is 0.736. The molecular formula is C20H22N4O2. The van der Waals surface area contributed by atoms with E-state index in [1.165, 1.54) is 0 Å². The first kappa shape index (κ1) is 16.6. The molecule has 0 spiro atoms. The number of nitrogens with zero attached hydrogens (tertiary/aromatic N) is 3.